The number of benzene rings is 1. The SMILES string of the molecule is O=C(N[C@@H]1C[C@H]1OCCCc1ccccc1)C1(O)CCCCC1. The molecule has 3 rings (SSSR count). The molecule has 23 heavy (non-hydrogen) atoms. The van der Waals surface area contributed by atoms with Crippen LogP contribution in [0.2, 0.25) is 0 Å². The lowest BCUT2D eigenvalue weighted by molar-refractivity contribution is -0.143. The van der Waals surface area contributed by atoms with Crippen LogP contribution in [0.3, 0.4) is 0 Å². The molecule has 4 heteroatoms. The average Bonchev–Trinajstić information content (AvgIpc) is 3.31. The van der Waals surface area contributed by atoms with E-state index in [1.54, 1.807) is 0 Å². The van der Waals surface area contributed by atoms with E-state index < -0.39 is 5.60 Å². The first-order valence-electron chi connectivity index (χ1n) is 8.86. The minimum absolute atomic E-state index is 0.0881. The molecule has 2 N–H and O–H groups in total. The number of amides is 1. The van der Waals surface area contributed by atoms with E-state index in [1.165, 1.54) is 5.56 Å². The highest BCUT2D eigenvalue weighted by Crippen LogP contribution is 2.31. The zero-order valence-corrected chi connectivity index (χ0v) is 13.7. The minimum atomic E-state index is -1.14. The number of ether oxygens (including phenoxy) is 1. The molecule has 4 nitrogen and oxygen atoms in total. The Kier molecular flexibility index (Phi) is 5.34. The van der Waals surface area contributed by atoms with Gasteiger partial charge in [0.25, 0.3) is 5.91 Å². The molecule has 0 aliphatic heterocycles. The summed E-state index contributed by atoms with van der Waals surface area (Å²) < 4.78 is 5.81. The highest BCUT2D eigenvalue weighted by atomic mass is 16.5. The van der Waals surface area contributed by atoms with Gasteiger partial charge in [0.15, 0.2) is 0 Å². The van der Waals surface area contributed by atoms with E-state index in [1.807, 2.05) is 6.07 Å². The Labute approximate surface area is 138 Å². The lowest BCUT2D eigenvalue weighted by Crippen LogP contribution is -2.49. The number of hydrogen-bond donors (Lipinski definition) is 2. The standard InChI is InChI=1S/C19H27NO3/c21-18(19(22)11-5-2-6-12-19)20-16-14-17(16)23-13-7-10-15-8-3-1-4-9-15/h1,3-4,8-9,16-17,22H,2,5-7,10-14H2,(H,20,21)/t16-,17-/m1/s1. The van der Waals surface area contributed by atoms with Crippen molar-refractivity contribution in [2.75, 3.05) is 6.61 Å². The van der Waals surface area contributed by atoms with Gasteiger partial charge in [-0.1, -0.05) is 49.6 Å². The van der Waals surface area contributed by atoms with Gasteiger partial charge >= 0.3 is 0 Å². The van der Waals surface area contributed by atoms with E-state index >= 15 is 0 Å². The summed E-state index contributed by atoms with van der Waals surface area (Å²) in [5.41, 5.74) is 0.190. The van der Waals surface area contributed by atoms with Crippen molar-refractivity contribution in [3.8, 4) is 0 Å². The molecule has 0 radical (unpaired) electrons. The molecule has 126 valence electrons. The third kappa shape index (κ3) is 4.55. The molecule has 2 fully saturated rings. The minimum Gasteiger partial charge on any atom is -0.380 e. The molecule has 1 amide bonds. The summed E-state index contributed by atoms with van der Waals surface area (Å²) in [6, 6.07) is 10.5. The van der Waals surface area contributed by atoms with E-state index in [4.69, 9.17) is 4.74 Å². The van der Waals surface area contributed by atoms with Crippen LogP contribution in [0.1, 0.15) is 50.5 Å². The van der Waals surface area contributed by atoms with E-state index in [0.29, 0.717) is 12.8 Å². The molecule has 0 heterocycles. The molecule has 2 aliphatic rings. The van der Waals surface area contributed by atoms with Gasteiger partial charge < -0.3 is 15.2 Å². The summed E-state index contributed by atoms with van der Waals surface area (Å²) in [6.45, 7) is 0.718. The zero-order chi connectivity index (χ0) is 16.1. The molecule has 2 aliphatic carbocycles. The van der Waals surface area contributed by atoms with Gasteiger partial charge in [0.2, 0.25) is 0 Å². The van der Waals surface area contributed by atoms with Crippen LogP contribution in [0.4, 0.5) is 0 Å². The van der Waals surface area contributed by atoms with E-state index in [0.717, 1.165) is 45.1 Å². The summed E-state index contributed by atoms with van der Waals surface area (Å²) in [7, 11) is 0. The van der Waals surface area contributed by atoms with Crippen molar-refractivity contribution < 1.29 is 14.6 Å². The fourth-order valence-corrected chi connectivity index (χ4v) is 3.33. The Morgan fingerprint density at radius 2 is 1.96 bits per heavy atom. The fourth-order valence-electron chi connectivity index (χ4n) is 3.33. The first-order chi connectivity index (χ1) is 11.2. The Balaban J connectivity index is 1.31. The molecular formula is C19H27NO3. The van der Waals surface area contributed by atoms with Crippen LogP contribution in [0, 0.1) is 0 Å². The second-order valence-electron chi connectivity index (χ2n) is 6.91. The zero-order valence-electron chi connectivity index (χ0n) is 13.7. The van der Waals surface area contributed by atoms with Gasteiger partial charge in [-0.2, -0.15) is 0 Å². The van der Waals surface area contributed by atoms with Gasteiger partial charge in [-0.25, -0.2) is 0 Å². The third-order valence-electron chi connectivity index (χ3n) is 4.94. The largest absolute Gasteiger partial charge is 0.380 e. The van der Waals surface area contributed by atoms with Crippen LogP contribution in [0.5, 0.6) is 0 Å². The number of carbonyl (C=O) groups is 1. The highest BCUT2D eigenvalue weighted by molar-refractivity contribution is 5.85. The van der Waals surface area contributed by atoms with Crippen LogP contribution >= 0.6 is 0 Å². The van der Waals surface area contributed by atoms with Crippen molar-refractivity contribution in [2.45, 2.75) is 69.1 Å². The third-order valence-corrected chi connectivity index (χ3v) is 4.94. The number of aryl methyl sites for hydroxylation is 1. The van der Waals surface area contributed by atoms with E-state index in [2.05, 4.69) is 29.6 Å². The fraction of sp³-hybridized carbons (Fsp3) is 0.632. The predicted octanol–water partition coefficient (Wildman–Crippen LogP) is 2.59. The van der Waals surface area contributed by atoms with Crippen LogP contribution in [0.25, 0.3) is 0 Å². The normalized spacial score (nSPS) is 25.8. The molecule has 1 aromatic carbocycles. The van der Waals surface area contributed by atoms with Crippen molar-refractivity contribution in [2.24, 2.45) is 0 Å². The van der Waals surface area contributed by atoms with Gasteiger partial charge in [-0.15, -0.1) is 0 Å². The van der Waals surface area contributed by atoms with Crippen molar-refractivity contribution in [1.82, 2.24) is 5.32 Å². The van der Waals surface area contributed by atoms with Gasteiger partial charge in [-0.3, -0.25) is 4.79 Å². The number of carbonyl (C=O) groups excluding carboxylic acids is 1. The van der Waals surface area contributed by atoms with Crippen LogP contribution < -0.4 is 5.32 Å². The van der Waals surface area contributed by atoms with Crippen molar-refractivity contribution >= 4 is 5.91 Å². The topological polar surface area (TPSA) is 58.6 Å². The second-order valence-corrected chi connectivity index (χ2v) is 6.91. The molecule has 2 atom stereocenters. The lowest BCUT2D eigenvalue weighted by Gasteiger charge is -2.30. The van der Waals surface area contributed by atoms with Crippen molar-refractivity contribution in [3.05, 3.63) is 35.9 Å². The van der Waals surface area contributed by atoms with Gasteiger partial charge in [0.05, 0.1) is 12.1 Å². The Hall–Kier alpha value is -1.39. The number of aliphatic hydroxyl groups is 1. The summed E-state index contributed by atoms with van der Waals surface area (Å²) in [5.74, 6) is -0.197. The van der Waals surface area contributed by atoms with Gasteiger partial charge in [-0.05, 0) is 37.7 Å². The highest BCUT2D eigenvalue weighted by Gasteiger charge is 2.44. The second kappa shape index (κ2) is 7.45. The van der Waals surface area contributed by atoms with Crippen LogP contribution in [-0.2, 0) is 16.0 Å². The van der Waals surface area contributed by atoms with E-state index in [9.17, 15) is 9.90 Å². The van der Waals surface area contributed by atoms with Crippen LogP contribution in [-0.4, -0.2) is 35.4 Å². The number of hydrogen-bond acceptors (Lipinski definition) is 3. The average molecular weight is 317 g/mol. The summed E-state index contributed by atoms with van der Waals surface area (Å²) in [4.78, 5) is 12.2. The van der Waals surface area contributed by atoms with Crippen molar-refractivity contribution in [3.63, 3.8) is 0 Å². The molecule has 0 saturated heterocycles. The Morgan fingerprint density at radius 1 is 1.22 bits per heavy atom. The predicted molar refractivity (Wildman–Crippen MR) is 89.1 cm³/mol. The van der Waals surface area contributed by atoms with Gasteiger partial charge in [0.1, 0.15) is 5.60 Å². The monoisotopic (exact) mass is 317 g/mol. The molecule has 0 unspecified atom stereocenters. The first-order valence-corrected chi connectivity index (χ1v) is 8.86. The maximum absolute atomic E-state index is 12.2. The molecule has 0 aromatic heterocycles. The lowest BCUT2D eigenvalue weighted by atomic mass is 9.84. The molecular weight excluding hydrogens is 290 g/mol. The number of rotatable bonds is 7. The van der Waals surface area contributed by atoms with Crippen molar-refractivity contribution in [1.29, 1.82) is 0 Å². The Bertz CT molecular complexity index is 511. The summed E-state index contributed by atoms with van der Waals surface area (Å²) in [6.07, 6.45) is 7.18. The molecule has 0 spiro atoms. The number of nitrogens with one attached hydrogen (secondary N) is 1. The molecule has 1 aromatic rings. The quantitative estimate of drug-likeness (QED) is 0.760. The maximum atomic E-state index is 12.2. The summed E-state index contributed by atoms with van der Waals surface area (Å²) in [5, 5.41) is 13.3. The molecule has 0 bridgehead atoms. The van der Waals surface area contributed by atoms with E-state index in [-0.39, 0.29) is 18.1 Å². The molecule has 2 saturated carbocycles. The Morgan fingerprint density at radius 3 is 2.70 bits per heavy atom. The summed E-state index contributed by atoms with van der Waals surface area (Å²) >= 11 is 0. The first kappa shape index (κ1) is 16.5. The maximum Gasteiger partial charge on any atom is 0.252 e. The smallest absolute Gasteiger partial charge is 0.252 e. The van der Waals surface area contributed by atoms with Gasteiger partial charge in [0, 0.05) is 6.61 Å². The van der Waals surface area contributed by atoms with Crippen LogP contribution in [0.15, 0.2) is 30.3 Å².